The van der Waals surface area contributed by atoms with E-state index in [4.69, 9.17) is 4.74 Å². The Morgan fingerprint density at radius 2 is 2.32 bits per heavy atom. The Hall–Kier alpha value is -3.16. The van der Waals surface area contributed by atoms with Gasteiger partial charge in [-0.2, -0.15) is 5.10 Å². The van der Waals surface area contributed by atoms with Crippen LogP contribution >= 0.6 is 0 Å². The number of rotatable bonds is 4. The molecule has 0 fully saturated rings. The van der Waals surface area contributed by atoms with Gasteiger partial charge in [0.2, 0.25) is 0 Å². The van der Waals surface area contributed by atoms with Crippen molar-refractivity contribution in [2.24, 2.45) is 0 Å². The third-order valence-electron chi connectivity index (χ3n) is 3.20. The number of aromatic amines is 1. The molecule has 8 nitrogen and oxygen atoms in total. The Morgan fingerprint density at radius 3 is 3.05 bits per heavy atom. The lowest BCUT2D eigenvalue weighted by Crippen LogP contribution is -2.03. The molecule has 1 aromatic carbocycles. The molecule has 0 amide bonds. The number of aromatic nitrogens is 3. The van der Waals surface area contributed by atoms with Crippen LogP contribution in [0.25, 0.3) is 16.6 Å². The number of carbonyl (C=O) groups excluding carboxylic acids is 1. The van der Waals surface area contributed by atoms with Gasteiger partial charge in [-0.05, 0) is 25.1 Å². The zero-order valence-electron chi connectivity index (χ0n) is 11.6. The molecule has 0 aliphatic heterocycles. The fourth-order valence-electron chi connectivity index (χ4n) is 2.17. The smallest absolute Gasteiger partial charge is 0.341 e. The molecule has 8 heteroatoms. The first kappa shape index (κ1) is 13.8. The van der Waals surface area contributed by atoms with E-state index >= 15 is 0 Å². The van der Waals surface area contributed by atoms with Crippen molar-refractivity contribution in [3.63, 3.8) is 0 Å². The number of nitro groups is 1. The third-order valence-corrected chi connectivity index (χ3v) is 3.20. The lowest BCUT2D eigenvalue weighted by atomic mass is 10.2. The fraction of sp³-hybridized carbons (Fsp3) is 0.143. The van der Waals surface area contributed by atoms with Gasteiger partial charge >= 0.3 is 5.97 Å². The average Bonchev–Trinajstić information content (AvgIpc) is 3.13. The van der Waals surface area contributed by atoms with E-state index in [9.17, 15) is 14.9 Å². The topological polar surface area (TPSA) is 103 Å². The molecule has 0 bridgehead atoms. The SMILES string of the molecule is CCOC(=O)c1cnn(-c2ccc3[nH]cc([N+](=O)[O-])c3c2)c1. The van der Waals surface area contributed by atoms with Crippen molar-refractivity contribution in [2.75, 3.05) is 6.61 Å². The van der Waals surface area contributed by atoms with Crippen LogP contribution in [-0.4, -0.2) is 32.3 Å². The maximum atomic E-state index is 11.6. The molecule has 1 N–H and O–H groups in total. The van der Waals surface area contributed by atoms with E-state index in [1.54, 1.807) is 25.1 Å². The Kier molecular flexibility index (Phi) is 3.34. The Bertz CT molecular complexity index is 865. The fourth-order valence-corrected chi connectivity index (χ4v) is 2.17. The average molecular weight is 300 g/mol. The molecule has 112 valence electrons. The van der Waals surface area contributed by atoms with Gasteiger partial charge in [0.25, 0.3) is 5.69 Å². The van der Waals surface area contributed by atoms with E-state index in [1.165, 1.54) is 23.3 Å². The molecule has 3 rings (SSSR count). The summed E-state index contributed by atoms with van der Waals surface area (Å²) in [5.74, 6) is -0.456. The maximum absolute atomic E-state index is 11.6. The summed E-state index contributed by atoms with van der Waals surface area (Å²) >= 11 is 0. The third kappa shape index (κ3) is 2.30. The van der Waals surface area contributed by atoms with Crippen molar-refractivity contribution in [1.29, 1.82) is 0 Å². The zero-order valence-corrected chi connectivity index (χ0v) is 11.6. The molecule has 2 aromatic heterocycles. The monoisotopic (exact) mass is 300 g/mol. The minimum Gasteiger partial charge on any atom is -0.462 e. The summed E-state index contributed by atoms with van der Waals surface area (Å²) in [4.78, 5) is 25.0. The van der Waals surface area contributed by atoms with Gasteiger partial charge in [-0.3, -0.25) is 10.1 Å². The molecule has 0 saturated carbocycles. The number of H-pyrrole nitrogens is 1. The van der Waals surface area contributed by atoms with Crippen LogP contribution in [0.3, 0.4) is 0 Å². The number of hydrogen-bond donors (Lipinski definition) is 1. The first-order chi connectivity index (χ1) is 10.6. The quantitative estimate of drug-likeness (QED) is 0.453. The molecule has 0 radical (unpaired) electrons. The summed E-state index contributed by atoms with van der Waals surface area (Å²) in [5, 5.41) is 15.6. The van der Waals surface area contributed by atoms with Crippen molar-refractivity contribution < 1.29 is 14.5 Å². The minimum absolute atomic E-state index is 0.00498. The molecule has 2 heterocycles. The van der Waals surface area contributed by atoms with E-state index < -0.39 is 10.9 Å². The first-order valence-electron chi connectivity index (χ1n) is 6.58. The van der Waals surface area contributed by atoms with Crippen molar-refractivity contribution >= 4 is 22.6 Å². The molecule has 3 aromatic rings. The van der Waals surface area contributed by atoms with Crippen LogP contribution in [-0.2, 0) is 4.74 Å². The first-order valence-corrected chi connectivity index (χ1v) is 6.58. The van der Waals surface area contributed by atoms with Gasteiger partial charge in [0.05, 0.1) is 46.1 Å². The van der Waals surface area contributed by atoms with Crippen LogP contribution in [0.4, 0.5) is 5.69 Å². The Balaban J connectivity index is 2.01. The highest BCUT2D eigenvalue weighted by Crippen LogP contribution is 2.27. The molecule has 0 atom stereocenters. The van der Waals surface area contributed by atoms with Crippen molar-refractivity contribution in [3.05, 3.63) is 52.5 Å². The van der Waals surface area contributed by atoms with Crippen LogP contribution in [0.1, 0.15) is 17.3 Å². The summed E-state index contributed by atoms with van der Waals surface area (Å²) in [7, 11) is 0. The lowest BCUT2D eigenvalue weighted by Gasteiger charge is -2.01. The number of nitrogens with zero attached hydrogens (tertiary/aromatic N) is 3. The summed E-state index contributed by atoms with van der Waals surface area (Å²) in [6.45, 7) is 2.01. The zero-order chi connectivity index (χ0) is 15.7. The van der Waals surface area contributed by atoms with Gasteiger partial charge < -0.3 is 9.72 Å². The van der Waals surface area contributed by atoms with E-state index in [0.717, 1.165) is 0 Å². The van der Waals surface area contributed by atoms with Gasteiger partial charge in [-0.15, -0.1) is 0 Å². The number of esters is 1. The molecule has 0 spiro atoms. The number of carbonyl (C=O) groups is 1. The molecular weight excluding hydrogens is 288 g/mol. The number of benzene rings is 1. The van der Waals surface area contributed by atoms with Crippen LogP contribution in [0.15, 0.2) is 36.8 Å². The van der Waals surface area contributed by atoms with E-state index in [-0.39, 0.29) is 12.3 Å². The van der Waals surface area contributed by atoms with E-state index in [1.807, 2.05) is 0 Å². The van der Waals surface area contributed by atoms with Crippen LogP contribution in [0, 0.1) is 10.1 Å². The van der Waals surface area contributed by atoms with Crippen molar-refractivity contribution in [1.82, 2.24) is 14.8 Å². The van der Waals surface area contributed by atoms with Gasteiger partial charge in [-0.25, -0.2) is 9.48 Å². The number of fused-ring (bicyclic) bond motifs is 1. The van der Waals surface area contributed by atoms with Crippen LogP contribution < -0.4 is 0 Å². The number of ether oxygens (including phenoxy) is 1. The predicted molar refractivity (Wildman–Crippen MR) is 78.0 cm³/mol. The predicted octanol–water partition coefficient (Wildman–Crippen LogP) is 2.44. The number of hydrogen-bond acceptors (Lipinski definition) is 5. The van der Waals surface area contributed by atoms with Crippen molar-refractivity contribution in [2.45, 2.75) is 6.92 Å². The van der Waals surface area contributed by atoms with E-state index in [0.29, 0.717) is 22.2 Å². The highest BCUT2D eigenvalue weighted by atomic mass is 16.6. The highest BCUT2D eigenvalue weighted by Gasteiger charge is 2.15. The van der Waals surface area contributed by atoms with Crippen LogP contribution in [0.2, 0.25) is 0 Å². The van der Waals surface area contributed by atoms with Crippen LogP contribution in [0.5, 0.6) is 0 Å². The summed E-state index contributed by atoms with van der Waals surface area (Å²) in [6.07, 6.45) is 4.27. The normalized spacial score (nSPS) is 10.8. The highest BCUT2D eigenvalue weighted by molar-refractivity contribution is 5.91. The largest absolute Gasteiger partial charge is 0.462 e. The summed E-state index contributed by atoms with van der Waals surface area (Å²) in [5.41, 5.74) is 1.60. The molecular formula is C14H12N4O4. The van der Waals surface area contributed by atoms with Gasteiger partial charge in [0.15, 0.2) is 0 Å². The summed E-state index contributed by atoms with van der Waals surface area (Å²) < 4.78 is 6.37. The van der Waals surface area contributed by atoms with Crippen molar-refractivity contribution in [3.8, 4) is 5.69 Å². The molecule has 0 saturated heterocycles. The standard InChI is InChI=1S/C14H12N4O4/c1-2-22-14(19)9-6-16-17(8-9)10-3-4-12-11(5-10)13(7-15-12)18(20)21/h3-8,15H,2H2,1H3. The Morgan fingerprint density at radius 1 is 1.50 bits per heavy atom. The molecule has 22 heavy (non-hydrogen) atoms. The van der Waals surface area contributed by atoms with Gasteiger partial charge in [0.1, 0.15) is 0 Å². The Labute approximate surface area is 124 Å². The maximum Gasteiger partial charge on any atom is 0.341 e. The molecule has 0 unspecified atom stereocenters. The second-order valence-electron chi connectivity index (χ2n) is 4.55. The van der Waals surface area contributed by atoms with Gasteiger partial charge in [-0.1, -0.05) is 0 Å². The second kappa shape index (κ2) is 5.32. The summed E-state index contributed by atoms with van der Waals surface area (Å²) in [6, 6.07) is 5.12. The molecule has 0 aliphatic carbocycles. The second-order valence-corrected chi connectivity index (χ2v) is 4.55. The van der Waals surface area contributed by atoms with Gasteiger partial charge in [0, 0.05) is 6.20 Å². The minimum atomic E-state index is -0.456. The lowest BCUT2D eigenvalue weighted by molar-refractivity contribution is -0.383. The van der Waals surface area contributed by atoms with E-state index in [2.05, 4.69) is 10.1 Å². The number of nitrogens with one attached hydrogen (secondary N) is 1. The molecule has 0 aliphatic rings.